The number of hydrogen-bond donors (Lipinski definition) is 1. The second-order valence-electron chi connectivity index (χ2n) is 8.57. The monoisotopic (exact) mass is 463 g/mol. The van der Waals surface area contributed by atoms with Crippen molar-refractivity contribution in [3.63, 3.8) is 0 Å². The van der Waals surface area contributed by atoms with Gasteiger partial charge < -0.3 is 9.67 Å². The summed E-state index contributed by atoms with van der Waals surface area (Å²) in [7, 11) is 0. The molecule has 3 heterocycles. The van der Waals surface area contributed by atoms with Gasteiger partial charge in [-0.2, -0.15) is 5.26 Å². The first kappa shape index (κ1) is 22.0. The fourth-order valence-electron chi connectivity index (χ4n) is 4.29. The number of carbonyl (C=O) groups excluding carboxylic acids is 1. The third kappa shape index (κ3) is 3.83. The van der Waals surface area contributed by atoms with E-state index in [1.165, 1.54) is 18.2 Å². The van der Waals surface area contributed by atoms with E-state index in [1.807, 2.05) is 29.0 Å². The van der Waals surface area contributed by atoms with E-state index in [0.29, 0.717) is 40.3 Å². The molecule has 0 bridgehead atoms. The number of benzene rings is 2. The van der Waals surface area contributed by atoms with E-state index >= 15 is 0 Å². The van der Waals surface area contributed by atoms with Crippen LogP contribution in [-0.2, 0) is 6.54 Å². The van der Waals surface area contributed by atoms with Gasteiger partial charge in [0, 0.05) is 29.6 Å². The van der Waals surface area contributed by atoms with Crippen molar-refractivity contribution in [2.45, 2.75) is 26.4 Å². The molecule has 0 saturated carbocycles. The van der Waals surface area contributed by atoms with Gasteiger partial charge in [0.25, 0.3) is 5.91 Å². The van der Waals surface area contributed by atoms with E-state index in [2.05, 4.69) is 24.9 Å². The lowest BCUT2D eigenvalue weighted by Gasteiger charge is -2.16. The highest BCUT2D eigenvalue weighted by Gasteiger charge is 2.30. The molecule has 0 radical (unpaired) electrons. The average Bonchev–Trinajstić information content (AvgIpc) is 3.49. The zero-order valence-electron chi connectivity index (χ0n) is 19.1. The van der Waals surface area contributed by atoms with Crippen LogP contribution in [0.1, 0.15) is 51.7 Å². The maximum absolute atomic E-state index is 13.4. The summed E-state index contributed by atoms with van der Waals surface area (Å²) in [6.07, 6.45) is 3.64. The van der Waals surface area contributed by atoms with Gasteiger partial charge in [-0.25, -0.2) is 14.8 Å². The van der Waals surface area contributed by atoms with Crippen LogP contribution in [0.3, 0.4) is 0 Å². The van der Waals surface area contributed by atoms with E-state index in [-0.39, 0.29) is 17.5 Å². The average molecular weight is 463 g/mol. The summed E-state index contributed by atoms with van der Waals surface area (Å²) < 4.78 is 2.02. The Labute approximate surface area is 201 Å². The highest BCUT2D eigenvalue weighted by atomic mass is 16.4. The molecular formula is C27H21N5O3. The maximum Gasteiger partial charge on any atom is 0.335 e. The van der Waals surface area contributed by atoms with E-state index in [9.17, 15) is 20.0 Å². The van der Waals surface area contributed by atoms with Crippen molar-refractivity contribution in [1.29, 1.82) is 5.26 Å². The second kappa shape index (κ2) is 8.54. The Hall–Kier alpha value is -4.77. The topological polar surface area (TPSA) is 112 Å². The third-order valence-corrected chi connectivity index (χ3v) is 6.08. The summed E-state index contributed by atoms with van der Waals surface area (Å²) >= 11 is 0. The van der Waals surface area contributed by atoms with E-state index in [0.717, 1.165) is 11.4 Å². The van der Waals surface area contributed by atoms with Crippen LogP contribution in [0, 0.1) is 11.3 Å². The maximum atomic E-state index is 13.4. The number of carboxylic acid groups (broad SMARTS) is 1. The van der Waals surface area contributed by atoms with Crippen LogP contribution in [0.4, 0.5) is 5.82 Å². The van der Waals surface area contributed by atoms with Crippen molar-refractivity contribution in [3.05, 3.63) is 89.2 Å². The van der Waals surface area contributed by atoms with Crippen molar-refractivity contribution >= 4 is 17.7 Å². The summed E-state index contributed by atoms with van der Waals surface area (Å²) in [5, 5.41) is 18.9. The minimum Gasteiger partial charge on any atom is -0.478 e. The van der Waals surface area contributed by atoms with Crippen LogP contribution >= 0.6 is 0 Å². The Morgan fingerprint density at radius 2 is 1.94 bits per heavy atom. The molecule has 172 valence electrons. The largest absolute Gasteiger partial charge is 0.478 e. The second-order valence-corrected chi connectivity index (χ2v) is 8.57. The molecule has 0 fully saturated rings. The first-order chi connectivity index (χ1) is 16.9. The number of aromatic nitrogens is 3. The molecule has 1 amide bonds. The quantitative estimate of drug-likeness (QED) is 0.449. The lowest BCUT2D eigenvalue weighted by molar-refractivity contribution is 0.0696. The number of carboxylic acids is 1. The molecule has 4 aromatic rings. The van der Waals surface area contributed by atoms with Crippen molar-refractivity contribution in [1.82, 2.24) is 14.5 Å². The predicted octanol–water partition coefficient (Wildman–Crippen LogP) is 4.92. The van der Waals surface area contributed by atoms with Crippen molar-refractivity contribution < 1.29 is 14.7 Å². The first-order valence-electron chi connectivity index (χ1n) is 11.1. The van der Waals surface area contributed by atoms with Crippen LogP contribution in [-0.4, -0.2) is 31.5 Å². The fraction of sp³-hybridized carbons (Fsp3) is 0.148. The molecule has 8 heteroatoms. The van der Waals surface area contributed by atoms with Gasteiger partial charge in [-0.15, -0.1) is 0 Å². The molecule has 0 aliphatic carbocycles. The number of nitriles is 1. The van der Waals surface area contributed by atoms with Crippen LogP contribution in [0.25, 0.3) is 22.6 Å². The number of hydrogen-bond acceptors (Lipinski definition) is 5. The summed E-state index contributed by atoms with van der Waals surface area (Å²) in [5.74, 6) is -0.0282. The minimum absolute atomic E-state index is 0.0771. The van der Waals surface area contributed by atoms with E-state index in [1.54, 1.807) is 29.3 Å². The van der Waals surface area contributed by atoms with Gasteiger partial charge in [-0.05, 0) is 61.4 Å². The molecule has 1 N–H and O–H groups in total. The Morgan fingerprint density at radius 1 is 1.11 bits per heavy atom. The van der Waals surface area contributed by atoms with Gasteiger partial charge in [-0.1, -0.05) is 18.2 Å². The number of carbonyl (C=O) groups is 2. The van der Waals surface area contributed by atoms with Gasteiger partial charge in [0.05, 0.1) is 23.7 Å². The van der Waals surface area contributed by atoms with Crippen molar-refractivity contribution in [2.75, 3.05) is 4.90 Å². The molecule has 0 saturated heterocycles. The van der Waals surface area contributed by atoms with Gasteiger partial charge in [0.2, 0.25) is 0 Å². The number of aromatic carboxylic acids is 1. The normalized spacial score (nSPS) is 12.6. The standard InChI is InChI=1S/C27H21N5O3/c1-16(2)31-11-10-29-25(31)23-4-3-5-24(30-23)32-15-20-9-6-17(12-22(20)26(32)33)21-13-18(27(34)35)7-8-19(21)14-28/h3-13,16H,15H2,1-2H3,(H,34,35). The SMILES string of the molecule is CC(C)n1ccnc1-c1cccc(N2Cc3ccc(-c4cc(C(=O)O)ccc4C#N)cc3C2=O)n1. The lowest BCUT2D eigenvalue weighted by Crippen LogP contribution is -2.24. The fourth-order valence-corrected chi connectivity index (χ4v) is 4.29. The Kier molecular flexibility index (Phi) is 5.38. The Balaban J connectivity index is 1.50. The van der Waals surface area contributed by atoms with E-state index in [4.69, 9.17) is 4.98 Å². The number of pyridine rings is 1. The highest BCUT2D eigenvalue weighted by Crippen LogP contribution is 2.33. The van der Waals surface area contributed by atoms with Crippen molar-refractivity contribution in [3.8, 4) is 28.7 Å². The van der Waals surface area contributed by atoms with E-state index < -0.39 is 5.97 Å². The highest BCUT2D eigenvalue weighted by molar-refractivity contribution is 6.10. The van der Waals surface area contributed by atoms with Gasteiger partial charge >= 0.3 is 5.97 Å². The van der Waals surface area contributed by atoms with Crippen LogP contribution in [0.2, 0.25) is 0 Å². The molecule has 0 unspecified atom stereocenters. The van der Waals surface area contributed by atoms with Gasteiger partial charge in [0.15, 0.2) is 5.82 Å². The molecule has 1 aliphatic heterocycles. The van der Waals surface area contributed by atoms with Crippen molar-refractivity contribution in [2.24, 2.45) is 0 Å². The molecule has 0 spiro atoms. The number of fused-ring (bicyclic) bond motifs is 1. The number of anilines is 1. The predicted molar refractivity (Wildman–Crippen MR) is 130 cm³/mol. The van der Waals surface area contributed by atoms with Crippen LogP contribution in [0.15, 0.2) is 67.0 Å². The van der Waals surface area contributed by atoms with Gasteiger partial charge in [-0.3, -0.25) is 9.69 Å². The Bertz CT molecular complexity index is 1530. The number of rotatable bonds is 5. The zero-order valence-corrected chi connectivity index (χ0v) is 19.1. The molecule has 35 heavy (non-hydrogen) atoms. The van der Waals surface area contributed by atoms with Crippen LogP contribution < -0.4 is 4.90 Å². The van der Waals surface area contributed by atoms with Crippen LogP contribution in [0.5, 0.6) is 0 Å². The summed E-state index contributed by atoms with van der Waals surface area (Å²) in [6.45, 7) is 4.50. The molecule has 2 aromatic carbocycles. The molecule has 8 nitrogen and oxygen atoms in total. The lowest BCUT2D eigenvalue weighted by atomic mass is 9.95. The molecule has 2 aromatic heterocycles. The Morgan fingerprint density at radius 3 is 2.69 bits per heavy atom. The summed E-state index contributed by atoms with van der Waals surface area (Å²) in [4.78, 5) is 35.6. The summed E-state index contributed by atoms with van der Waals surface area (Å²) in [6, 6.07) is 17.5. The number of imidazole rings is 1. The zero-order chi connectivity index (χ0) is 24.7. The molecule has 1 aliphatic rings. The molecule has 5 rings (SSSR count). The number of nitrogens with zero attached hydrogens (tertiary/aromatic N) is 5. The smallest absolute Gasteiger partial charge is 0.335 e. The molecule has 0 atom stereocenters. The first-order valence-corrected chi connectivity index (χ1v) is 11.1. The minimum atomic E-state index is -1.08. The third-order valence-electron chi connectivity index (χ3n) is 6.08. The summed E-state index contributed by atoms with van der Waals surface area (Å²) in [5.41, 5.74) is 3.52. The van der Waals surface area contributed by atoms with Gasteiger partial charge in [0.1, 0.15) is 11.5 Å². The molecular weight excluding hydrogens is 442 g/mol. The number of amides is 1.